The molecule has 0 aliphatic rings. The summed E-state index contributed by atoms with van der Waals surface area (Å²) in [5, 5.41) is 0. The molecule has 3 rings (SSSR count). The van der Waals surface area contributed by atoms with Gasteiger partial charge in [0.25, 0.3) is 0 Å². The Labute approximate surface area is 154 Å². The molecule has 0 aliphatic carbocycles. The summed E-state index contributed by atoms with van der Waals surface area (Å²) < 4.78 is 0. The molecule has 0 spiro atoms. The molecule has 6 heteroatoms. The standard InChI is InChI=1S/C21H11N3O3/c25-12-22-18-6-1-15(2-7-18)17-5-10-21(24-14-27)20(11-17)16-3-8-19(9-4-16)23-13-26/h1-11H. The Bertz CT molecular complexity index is 1120. The molecular weight excluding hydrogens is 342 g/mol. The summed E-state index contributed by atoms with van der Waals surface area (Å²) in [6.45, 7) is 0. The lowest BCUT2D eigenvalue weighted by molar-refractivity contribution is 0.564. The average molecular weight is 353 g/mol. The lowest BCUT2D eigenvalue weighted by Crippen LogP contribution is -1.83. The van der Waals surface area contributed by atoms with Gasteiger partial charge >= 0.3 is 0 Å². The monoisotopic (exact) mass is 353 g/mol. The van der Waals surface area contributed by atoms with E-state index in [0.29, 0.717) is 17.1 Å². The highest BCUT2D eigenvalue weighted by Gasteiger charge is 2.08. The molecule has 0 radical (unpaired) electrons. The van der Waals surface area contributed by atoms with Gasteiger partial charge in [-0.1, -0.05) is 30.3 Å². The molecular formula is C21H11N3O3. The van der Waals surface area contributed by atoms with Crippen LogP contribution in [0.3, 0.4) is 0 Å². The number of isocyanates is 3. The van der Waals surface area contributed by atoms with E-state index in [1.165, 1.54) is 12.2 Å². The minimum atomic E-state index is 0.475. The highest BCUT2D eigenvalue weighted by molar-refractivity contribution is 5.83. The number of nitrogens with zero attached hydrogens (tertiary/aromatic N) is 3. The maximum Gasteiger partial charge on any atom is 0.240 e. The zero-order chi connectivity index (χ0) is 19.1. The fourth-order valence-electron chi connectivity index (χ4n) is 2.64. The second-order valence-corrected chi connectivity index (χ2v) is 5.43. The summed E-state index contributed by atoms with van der Waals surface area (Å²) in [5.74, 6) is 0. The molecule has 0 heterocycles. The van der Waals surface area contributed by atoms with E-state index in [1.807, 2.05) is 24.3 Å². The molecule has 0 unspecified atom stereocenters. The van der Waals surface area contributed by atoms with E-state index in [2.05, 4.69) is 15.0 Å². The number of carbonyl (C=O) groups excluding carboxylic acids is 3. The zero-order valence-corrected chi connectivity index (χ0v) is 13.9. The number of hydrogen-bond acceptors (Lipinski definition) is 6. The molecule has 3 aromatic rings. The lowest BCUT2D eigenvalue weighted by Gasteiger charge is -2.09. The summed E-state index contributed by atoms with van der Waals surface area (Å²) >= 11 is 0. The maximum absolute atomic E-state index is 10.8. The highest BCUT2D eigenvalue weighted by Crippen LogP contribution is 2.35. The molecule has 27 heavy (non-hydrogen) atoms. The van der Waals surface area contributed by atoms with Crippen molar-refractivity contribution in [3.63, 3.8) is 0 Å². The summed E-state index contributed by atoms with van der Waals surface area (Å²) in [5.41, 5.74) is 4.81. The summed E-state index contributed by atoms with van der Waals surface area (Å²) in [6, 6.07) is 19.5. The van der Waals surface area contributed by atoms with E-state index in [9.17, 15) is 14.4 Å². The van der Waals surface area contributed by atoms with Gasteiger partial charge in [-0.05, 0) is 53.1 Å². The first-order valence-corrected chi connectivity index (χ1v) is 7.83. The van der Waals surface area contributed by atoms with Crippen molar-refractivity contribution in [1.29, 1.82) is 0 Å². The van der Waals surface area contributed by atoms with Crippen LogP contribution in [0.5, 0.6) is 0 Å². The number of benzene rings is 3. The molecule has 6 nitrogen and oxygen atoms in total. The Balaban J connectivity index is 2.08. The Morgan fingerprint density at radius 2 is 1.00 bits per heavy atom. The van der Waals surface area contributed by atoms with Gasteiger partial charge in [-0.25, -0.2) is 14.4 Å². The van der Waals surface area contributed by atoms with Gasteiger partial charge in [0.2, 0.25) is 18.2 Å². The Morgan fingerprint density at radius 1 is 0.519 bits per heavy atom. The van der Waals surface area contributed by atoms with E-state index in [4.69, 9.17) is 0 Å². The van der Waals surface area contributed by atoms with Crippen molar-refractivity contribution in [1.82, 2.24) is 0 Å². The van der Waals surface area contributed by atoms with Gasteiger partial charge < -0.3 is 0 Å². The first-order chi connectivity index (χ1) is 13.2. The minimum absolute atomic E-state index is 0.475. The number of aliphatic imine (C=N–C) groups is 3. The van der Waals surface area contributed by atoms with Crippen molar-refractivity contribution in [3.8, 4) is 22.3 Å². The smallest absolute Gasteiger partial charge is 0.211 e. The predicted octanol–water partition coefficient (Wildman–Crippen LogP) is 4.92. The van der Waals surface area contributed by atoms with Crippen LogP contribution in [0.15, 0.2) is 81.7 Å². The average Bonchev–Trinajstić information content (AvgIpc) is 2.70. The Morgan fingerprint density at radius 3 is 1.52 bits per heavy atom. The molecule has 3 aromatic carbocycles. The molecule has 0 aliphatic heterocycles. The summed E-state index contributed by atoms with van der Waals surface area (Å²) in [6.07, 6.45) is 4.56. The molecule has 0 saturated heterocycles. The van der Waals surface area contributed by atoms with E-state index in [0.717, 1.165) is 22.3 Å². The third-order valence-electron chi connectivity index (χ3n) is 3.89. The van der Waals surface area contributed by atoms with Crippen molar-refractivity contribution in [2.24, 2.45) is 15.0 Å². The number of hydrogen-bond donors (Lipinski definition) is 0. The quantitative estimate of drug-likeness (QED) is 0.481. The first kappa shape index (κ1) is 17.6. The van der Waals surface area contributed by atoms with E-state index in [1.54, 1.807) is 48.5 Å². The van der Waals surface area contributed by atoms with Crippen molar-refractivity contribution in [2.45, 2.75) is 0 Å². The van der Waals surface area contributed by atoms with Crippen LogP contribution in [-0.2, 0) is 14.4 Å². The van der Waals surface area contributed by atoms with Crippen molar-refractivity contribution in [2.75, 3.05) is 0 Å². The predicted molar refractivity (Wildman–Crippen MR) is 101 cm³/mol. The Kier molecular flexibility index (Phi) is 5.39. The fraction of sp³-hybridized carbons (Fsp3) is 0. The van der Waals surface area contributed by atoms with E-state index in [-0.39, 0.29) is 0 Å². The van der Waals surface area contributed by atoms with Crippen LogP contribution in [-0.4, -0.2) is 18.2 Å². The third-order valence-corrected chi connectivity index (χ3v) is 3.89. The molecule has 0 fully saturated rings. The SMILES string of the molecule is O=C=Nc1ccc(-c2ccc(N=C=O)c(-c3ccc(N=C=O)cc3)c2)cc1. The van der Waals surface area contributed by atoms with Crippen LogP contribution in [0.25, 0.3) is 22.3 Å². The van der Waals surface area contributed by atoms with Crippen LogP contribution in [0.4, 0.5) is 17.1 Å². The van der Waals surface area contributed by atoms with Crippen LogP contribution in [0.1, 0.15) is 0 Å². The van der Waals surface area contributed by atoms with E-state index < -0.39 is 0 Å². The van der Waals surface area contributed by atoms with Gasteiger partial charge in [0.05, 0.1) is 17.1 Å². The molecule has 0 N–H and O–H groups in total. The second-order valence-electron chi connectivity index (χ2n) is 5.43. The van der Waals surface area contributed by atoms with Gasteiger partial charge in [-0.2, -0.15) is 15.0 Å². The Hall–Kier alpha value is -4.20. The number of rotatable bonds is 5. The van der Waals surface area contributed by atoms with Crippen LogP contribution < -0.4 is 0 Å². The molecule has 0 atom stereocenters. The van der Waals surface area contributed by atoms with Crippen LogP contribution in [0.2, 0.25) is 0 Å². The second kappa shape index (κ2) is 8.26. The van der Waals surface area contributed by atoms with Gasteiger partial charge in [0.1, 0.15) is 0 Å². The van der Waals surface area contributed by atoms with Crippen LogP contribution >= 0.6 is 0 Å². The summed E-state index contributed by atoms with van der Waals surface area (Å²) in [4.78, 5) is 42.3. The molecule has 0 saturated carbocycles. The van der Waals surface area contributed by atoms with Crippen LogP contribution in [0, 0.1) is 0 Å². The maximum atomic E-state index is 10.8. The third kappa shape index (κ3) is 4.07. The molecule has 128 valence electrons. The summed E-state index contributed by atoms with van der Waals surface area (Å²) in [7, 11) is 0. The highest BCUT2D eigenvalue weighted by atomic mass is 16.1. The molecule has 0 bridgehead atoms. The van der Waals surface area contributed by atoms with Crippen molar-refractivity contribution >= 4 is 35.3 Å². The first-order valence-electron chi connectivity index (χ1n) is 7.83. The largest absolute Gasteiger partial charge is 0.240 e. The lowest BCUT2D eigenvalue weighted by atomic mass is 9.97. The van der Waals surface area contributed by atoms with Gasteiger partial charge in [-0.3, -0.25) is 0 Å². The normalized spacial score (nSPS) is 9.48. The molecule has 0 amide bonds. The van der Waals surface area contributed by atoms with Crippen molar-refractivity contribution in [3.05, 3.63) is 66.7 Å². The van der Waals surface area contributed by atoms with Crippen molar-refractivity contribution < 1.29 is 14.4 Å². The zero-order valence-electron chi connectivity index (χ0n) is 13.9. The molecule has 0 aromatic heterocycles. The fourth-order valence-corrected chi connectivity index (χ4v) is 2.64. The van der Waals surface area contributed by atoms with E-state index >= 15 is 0 Å². The minimum Gasteiger partial charge on any atom is -0.211 e. The van der Waals surface area contributed by atoms with Gasteiger partial charge in [0.15, 0.2) is 0 Å². The van der Waals surface area contributed by atoms with Gasteiger partial charge in [0, 0.05) is 5.56 Å². The van der Waals surface area contributed by atoms with Gasteiger partial charge in [-0.15, -0.1) is 0 Å². The topological polar surface area (TPSA) is 88.3 Å².